The van der Waals surface area contributed by atoms with E-state index in [0.29, 0.717) is 0 Å². The van der Waals surface area contributed by atoms with E-state index in [-0.39, 0.29) is 0 Å². The monoisotopic (exact) mass is 180 g/mol. The highest BCUT2D eigenvalue weighted by Crippen LogP contribution is 1.95. The highest BCUT2D eigenvalue weighted by molar-refractivity contribution is 5.78. The minimum absolute atomic E-state index is 0.541. The quantitative estimate of drug-likeness (QED) is 0.514. The lowest BCUT2D eigenvalue weighted by Crippen LogP contribution is -2.09. The van der Waals surface area contributed by atoms with E-state index in [1.165, 1.54) is 14.2 Å². The van der Waals surface area contributed by atoms with E-state index in [9.17, 15) is 0 Å². The van der Waals surface area contributed by atoms with Gasteiger partial charge in [0.05, 0.1) is 0 Å². The molecule has 1 heterocycles. The summed E-state index contributed by atoms with van der Waals surface area (Å²) >= 11 is 0. The van der Waals surface area contributed by atoms with Crippen LogP contribution in [0.5, 0.6) is 0 Å². The van der Waals surface area contributed by atoms with Gasteiger partial charge in [-0.05, 0) is 6.07 Å². The predicted octanol–water partition coefficient (Wildman–Crippen LogP) is 1.08. The standard InChI is InChI=1S/C9H12N2O2/c1-12-9(13-2)11-7-8-4-3-5-10-6-8/h3-7,9H,1-2H3/b11-7+. The van der Waals surface area contributed by atoms with E-state index in [4.69, 9.17) is 9.47 Å². The lowest BCUT2D eigenvalue weighted by Gasteiger charge is -2.06. The topological polar surface area (TPSA) is 43.7 Å². The third-order valence-corrected chi connectivity index (χ3v) is 1.43. The summed E-state index contributed by atoms with van der Waals surface area (Å²) in [5.74, 6) is 0. The molecule has 0 amide bonds. The van der Waals surface area contributed by atoms with Gasteiger partial charge < -0.3 is 9.47 Å². The van der Waals surface area contributed by atoms with Crippen molar-refractivity contribution in [3.8, 4) is 0 Å². The fourth-order valence-corrected chi connectivity index (χ4v) is 0.817. The van der Waals surface area contributed by atoms with E-state index in [0.717, 1.165) is 5.56 Å². The van der Waals surface area contributed by atoms with Crippen LogP contribution in [-0.4, -0.2) is 31.8 Å². The van der Waals surface area contributed by atoms with E-state index in [2.05, 4.69) is 9.98 Å². The fraction of sp³-hybridized carbons (Fsp3) is 0.333. The summed E-state index contributed by atoms with van der Waals surface area (Å²) < 4.78 is 9.76. The molecule has 4 heteroatoms. The Morgan fingerprint density at radius 2 is 2.23 bits per heavy atom. The third-order valence-electron chi connectivity index (χ3n) is 1.43. The highest BCUT2D eigenvalue weighted by Gasteiger charge is 1.97. The van der Waals surface area contributed by atoms with Crippen molar-refractivity contribution in [2.24, 2.45) is 4.99 Å². The van der Waals surface area contributed by atoms with Crippen LogP contribution in [0.1, 0.15) is 5.56 Å². The molecule has 0 fully saturated rings. The first-order valence-corrected chi connectivity index (χ1v) is 3.85. The number of ether oxygens (including phenoxy) is 2. The van der Waals surface area contributed by atoms with Gasteiger partial charge in [0, 0.05) is 38.4 Å². The number of hydrogen-bond donors (Lipinski definition) is 0. The van der Waals surface area contributed by atoms with E-state index < -0.39 is 6.41 Å². The molecular formula is C9H12N2O2. The molecule has 0 aliphatic rings. The van der Waals surface area contributed by atoms with Crippen LogP contribution in [0.25, 0.3) is 0 Å². The van der Waals surface area contributed by atoms with E-state index >= 15 is 0 Å². The zero-order valence-electron chi connectivity index (χ0n) is 7.68. The van der Waals surface area contributed by atoms with Gasteiger partial charge in [-0.2, -0.15) is 0 Å². The average Bonchev–Trinajstić information content (AvgIpc) is 2.21. The molecule has 1 aromatic heterocycles. The van der Waals surface area contributed by atoms with Crippen LogP contribution in [0, 0.1) is 0 Å². The number of rotatable bonds is 4. The van der Waals surface area contributed by atoms with Crippen molar-refractivity contribution in [3.63, 3.8) is 0 Å². The second-order valence-corrected chi connectivity index (χ2v) is 2.34. The maximum atomic E-state index is 4.88. The Morgan fingerprint density at radius 1 is 1.46 bits per heavy atom. The lowest BCUT2D eigenvalue weighted by molar-refractivity contribution is -0.0941. The molecule has 0 unspecified atom stereocenters. The smallest absolute Gasteiger partial charge is 0.257 e. The second kappa shape index (κ2) is 5.40. The Balaban J connectivity index is 2.57. The third kappa shape index (κ3) is 3.31. The van der Waals surface area contributed by atoms with Crippen molar-refractivity contribution in [1.29, 1.82) is 0 Å². The number of nitrogens with zero attached hydrogens (tertiary/aromatic N) is 2. The zero-order valence-corrected chi connectivity index (χ0v) is 7.68. The average molecular weight is 180 g/mol. The zero-order chi connectivity index (χ0) is 9.52. The molecule has 0 radical (unpaired) electrons. The Kier molecular flexibility index (Phi) is 4.08. The summed E-state index contributed by atoms with van der Waals surface area (Å²) in [6, 6.07) is 3.74. The summed E-state index contributed by atoms with van der Waals surface area (Å²) in [5.41, 5.74) is 0.918. The number of hydrogen-bond acceptors (Lipinski definition) is 4. The van der Waals surface area contributed by atoms with Gasteiger partial charge in [0.15, 0.2) is 0 Å². The molecule has 0 aliphatic carbocycles. The number of aliphatic imine (C=N–C) groups is 1. The summed E-state index contributed by atoms with van der Waals surface area (Å²) in [6.07, 6.45) is 4.54. The number of aromatic nitrogens is 1. The fourth-order valence-electron chi connectivity index (χ4n) is 0.817. The second-order valence-electron chi connectivity index (χ2n) is 2.34. The van der Waals surface area contributed by atoms with Gasteiger partial charge in [-0.25, -0.2) is 4.99 Å². The molecule has 0 N–H and O–H groups in total. The van der Waals surface area contributed by atoms with Crippen LogP contribution in [0.2, 0.25) is 0 Å². The largest absolute Gasteiger partial charge is 0.337 e. The van der Waals surface area contributed by atoms with Crippen molar-refractivity contribution >= 4 is 6.21 Å². The Morgan fingerprint density at radius 3 is 2.77 bits per heavy atom. The normalized spacial score (nSPS) is 11.3. The van der Waals surface area contributed by atoms with Crippen molar-refractivity contribution in [1.82, 2.24) is 4.98 Å². The van der Waals surface area contributed by atoms with E-state index in [1.54, 1.807) is 18.6 Å². The molecule has 0 saturated carbocycles. The van der Waals surface area contributed by atoms with Crippen molar-refractivity contribution in [2.45, 2.75) is 6.41 Å². The van der Waals surface area contributed by atoms with Crippen LogP contribution in [-0.2, 0) is 9.47 Å². The molecule has 13 heavy (non-hydrogen) atoms. The maximum Gasteiger partial charge on any atom is 0.257 e. The molecule has 0 aliphatic heterocycles. The van der Waals surface area contributed by atoms with Crippen molar-refractivity contribution < 1.29 is 9.47 Å². The molecule has 0 aromatic carbocycles. The van der Waals surface area contributed by atoms with Gasteiger partial charge in [0.25, 0.3) is 6.41 Å². The first-order chi connectivity index (χ1) is 6.36. The molecule has 70 valence electrons. The Labute approximate surface area is 77.2 Å². The molecule has 1 rings (SSSR count). The van der Waals surface area contributed by atoms with Crippen LogP contribution in [0.4, 0.5) is 0 Å². The van der Waals surface area contributed by atoms with Gasteiger partial charge >= 0.3 is 0 Å². The molecule has 0 saturated heterocycles. The van der Waals surface area contributed by atoms with Gasteiger partial charge in [-0.3, -0.25) is 4.98 Å². The first kappa shape index (κ1) is 9.83. The highest BCUT2D eigenvalue weighted by atomic mass is 16.7. The number of pyridine rings is 1. The van der Waals surface area contributed by atoms with Gasteiger partial charge in [0.2, 0.25) is 0 Å². The van der Waals surface area contributed by atoms with Crippen molar-refractivity contribution in [3.05, 3.63) is 30.1 Å². The molecule has 0 atom stereocenters. The van der Waals surface area contributed by atoms with Gasteiger partial charge in [0.1, 0.15) is 0 Å². The lowest BCUT2D eigenvalue weighted by atomic mass is 10.3. The van der Waals surface area contributed by atoms with Crippen LogP contribution in [0.15, 0.2) is 29.5 Å². The molecule has 4 nitrogen and oxygen atoms in total. The SMILES string of the molecule is COC(/N=C/c1cccnc1)OC. The Bertz CT molecular complexity index is 258. The van der Waals surface area contributed by atoms with Crippen LogP contribution >= 0.6 is 0 Å². The molecule has 1 aromatic rings. The van der Waals surface area contributed by atoms with E-state index in [1.807, 2.05) is 12.1 Å². The van der Waals surface area contributed by atoms with Crippen LogP contribution < -0.4 is 0 Å². The van der Waals surface area contributed by atoms with Crippen LogP contribution in [0.3, 0.4) is 0 Å². The molecule has 0 spiro atoms. The summed E-state index contributed by atoms with van der Waals surface area (Å²) in [6.45, 7) is 0. The Hall–Kier alpha value is -1.26. The minimum Gasteiger partial charge on any atom is -0.337 e. The number of methoxy groups -OCH3 is 2. The predicted molar refractivity (Wildman–Crippen MR) is 49.6 cm³/mol. The first-order valence-electron chi connectivity index (χ1n) is 3.85. The molecule has 0 bridgehead atoms. The summed E-state index contributed by atoms with van der Waals surface area (Å²) in [7, 11) is 3.07. The minimum atomic E-state index is -0.541. The van der Waals surface area contributed by atoms with Gasteiger partial charge in [-0.15, -0.1) is 0 Å². The maximum absolute atomic E-state index is 4.88. The molecular weight excluding hydrogens is 168 g/mol. The van der Waals surface area contributed by atoms with Crippen molar-refractivity contribution in [2.75, 3.05) is 14.2 Å². The summed E-state index contributed by atoms with van der Waals surface area (Å²) in [5, 5.41) is 0. The summed E-state index contributed by atoms with van der Waals surface area (Å²) in [4.78, 5) is 7.96. The van der Waals surface area contributed by atoms with Gasteiger partial charge in [-0.1, -0.05) is 6.07 Å².